The molecule has 0 fully saturated rings. The van der Waals surface area contributed by atoms with Crippen molar-refractivity contribution < 1.29 is 0 Å². The summed E-state index contributed by atoms with van der Waals surface area (Å²) < 4.78 is 0. The first-order chi connectivity index (χ1) is 0. The van der Waals surface area contributed by atoms with E-state index in [-0.39, 0.29) is 193 Å². The molecule has 0 nitrogen and oxygen atoms in total. The molecular weight excluding hydrogens is 312 g/mol. The summed E-state index contributed by atoms with van der Waals surface area (Å²) >= 11 is 0. The van der Waals surface area contributed by atoms with E-state index in [1.54, 1.807) is 0 Å². The van der Waals surface area contributed by atoms with Crippen LogP contribution in [0.1, 0.15) is 193 Å². The molecule has 0 heteroatoms. The van der Waals surface area contributed by atoms with Crippen LogP contribution in [0.2, 0.25) is 0 Å². The van der Waals surface area contributed by atoms with E-state index in [4.69, 9.17) is 0 Å². The van der Waals surface area contributed by atoms with Crippen molar-refractivity contribution in [2.45, 2.75) is 193 Å². The summed E-state index contributed by atoms with van der Waals surface area (Å²) in [5.41, 5.74) is 0. The number of hydrogen-bond donors (Lipinski definition) is 0. The van der Waals surface area contributed by atoms with Gasteiger partial charge in [-0.05, 0) is 0 Å². The lowest BCUT2D eigenvalue weighted by atomic mass is 12.0. The zero-order chi connectivity index (χ0) is 0. The van der Waals surface area contributed by atoms with Gasteiger partial charge in [-0.3, -0.25) is 0 Å². The van der Waals surface area contributed by atoms with E-state index >= 15 is 0 Å². The van der Waals surface area contributed by atoms with Gasteiger partial charge in [0.1, 0.15) is 0 Å². The Morgan fingerprint density at radius 2 is 0.0385 bits per heavy atom. The summed E-state index contributed by atoms with van der Waals surface area (Å²) in [5, 5.41) is 0. The molecule has 0 aromatic carbocycles. The highest BCUT2D eigenvalue weighted by Gasteiger charge is -0.0526. The molecule has 0 aliphatic rings. The van der Waals surface area contributed by atoms with Crippen LogP contribution >= 0.6 is 0 Å². The molecule has 0 radical (unpaired) electrons. The minimum Gasteiger partial charge on any atom is -0.0776 e. The van der Waals surface area contributed by atoms with Crippen LogP contribution in [0.5, 0.6) is 0 Å². The molecule has 0 saturated carbocycles. The van der Waals surface area contributed by atoms with Gasteiger partial charge in [0.15, 0.2) is 0 Å². The highest BCUT2D eigenvalue weighted by molar-refractivity contribution is 2.53. The molecule has 0 aliphatic carbocycles. The normalized spacial score (nSPS) is 0. The first-order valence-electron chi connectivity index (χ1n) is 0. The zero-order valence-electron chi connectivity index (χ0n) is 0. The molecule has 0 unspecified atom stereocenters. The molecule has 0 rings (SSSR count). The quantitative estimate of drug-likeness (QED) is 0.368. The van der Waals surface area contributed by atoms with E-state index in [0.717, 1.165) is 0 Å². The third kappa shape index (κ3) is 0. The largest absolute Gasteiger partial charge is 0.0776 e. The van der Waals surface area contributed by atoms with Crippen molar-refractivity contribution >= 4 is 0 Å². The van der Waals surface area contributed by atoms with E-state index in [1.807, 2.05) is 0 Å². The Hall–Kier alpha value is 0. The predicted octanol–water partition coefficient (Wildman–Crippen LogP) is 16.5. The summed E-state index contributed by atoms with van der Waals surface area (Å²) in [6, 6.07) is 0. The highest BCUT2D eigenvalue weighted by Crippen LogP contribution is 0.169. The molecule has 26 heavy (non-hydrogen) atoms. The maximum absolute atomic E-state index is 0. The summed E-state index contributed by atoms with van der Waals surface area (Å²) in [5.74, 6) is 0. The average Bonchev–Trinajstić information content (AvgIpc) is 0. The second-order valence-electron chi connectivity index (χ2n) is 0. The van der Waals surface area contributed by atoms with Crippen molar-refractivity contribution in [3.63, 3.8) is 0 Å². The van der Waals surface area contributed by atoms with E-state index in [1.165, 1.54) is 0 Å². The van der Waals surface area contributed by atoms with Crippen molar-refractivity contribution in [2.24, 2.45) is 0 Å². The van der Waals surface area contributed by atoms with E-state index in [0.29, 0.717) is 0 Å². The minimum absolute atomic E-state index is 0. The maximum Gasteiger partial charge on any atom is -0.0776 e. The molecule has 0 amide bonds. The smallest absolute Gasteiger partial charge is 0.0776 e. The molecule has 0 aromatic heterocycles. The van der Waals surface area contributed by atoms with Gasteiger partial charge in [0.25, 0.3) is 0 Å². The third-order valence-electron chi connectivity index (χ3n) is 0. The molecule has 0 bridgehead atoms. The first-order valence-corrected chi connectivity index (χ1v) is 0. The lowest BCUT2D eigenvalue weighted by Gasteiger charge is -0.0786. The van der Waals surface area contributed by atoms with Gasteiger partial charge in [0, 0.05) is 0 Å². The van der Waals surface area contributed by atoms with E-state index in [2.05, 4.69) is 0 Å². The first kappa shape index (κ1) is 0. The molecule has 0 aromatic rings. The number of rotatable bonds is 0. The Morgan fingerprint density at radius 3 is 0.0385 bits per heavy atom. The SMILES string of the molecule is C.C.C.C.C.C.C.C.C.C.C.C.C.C.C.C.C.C.C.C.C.C.C.C.C.C. The van der Waals surface area contributed by atoms with Gasteiger partial charge in [0.05, 0.1) is 0 Å². The Bertz CT molecular complexity index is 0. The Labute approximate surface area is 193 Å². The van der Waals surface area contributed by atoms with Crippen molar-refractivity contribution in [2.75, 3.05) is 0 Å². The van der Waals surface area contributed by atoms with Crippen LogP contribution in [-0.4, -0.2) is 0 Å². The fourth-order valence-electron chi connectivity index (χ4n) is 0. The molecular formula is C26H104. The van der Waals surface area contributed by atoms with E-state index in [9.17, 15) is 0 Å². The average molecular weight is 417 g/mol. The highest BCUT2D eigenvalue weighted by atomic mass is 12.0. The van der Waals surface area contributed by atoms with Crippen LogP contribution in [-0.2, 0) is 0 Å². The van der Waals surface area contributed by atoms with Crippen LogP contribution in [0.3, 0.4) is 0 Å². The second-order valence-corrected chi connectivity index (χ2v) is 0. The fraction of sp³-hybridized carbons (Fsp3) is 1.00. The Morgan fingerprint density at radius 1 is 0.0385 bits per heavy atom. The minimum atomic E-state index is 0. The molecule has 208 valence electrons. The summed E-state index contributed by atoms with van der Waals surface area (Å²) in [6.07, 6.45) is 0. The van der Waals surface area contributed by atoms with Gasteiger partial charge in [0.2, 0.25) is 0 Å². The topological polar surface area (TPSA) is 0 Å². The monoisotopic (exact) mass is 417 g/mol. The summed E-state index contributed by atoms with van der Waals surface area (Å²) in [4.78, 5) is 0. The van der Waals surface area contributed by atoms with Gasteiger partial charge >= 0.3 is 0 Å². The second kappa shape index (κ2) is 0. The van der Waals surface area contributed by atoms with Crippen LogP contribution in [0.4, 0.5) is 0 Å². The van der Waals surface area contributed by atoms with Crippen molar-refractivity contribution in [3.05, 3.63) is 0 Å². The lowest BCUT2D eigenvalue weighted by Crippen LogP contribution is 0.143. The molecule has 0 heterocycles. The van der Waals surface area contributed by atoms with E-state index < -0.39 is 0 Å². The van der Waals surface area contributed by atoms with Crippen LogP contribution in [0.25, 0.3) is 0 Å². The fourth-order valence-corrected chi connectivity index (χ4v) is 0. The summed E-state index contributed by atoms with van der Waals surface area (Å²) in [6.45, 7) is 0. The van der Waals surface area contributed by atoms with Crippen molar-refractivity contribution in [3.8, 4) is 0 Å². The predicted molar refractivity (Wildman–Crippen MR) is 175 cm³/mol. The van der Waals surface area contributed by atoms with Crippen LogP contribution in [0, 0.1) is 0 Å². The Kier molecular flexibility index (Phi) is 0. The van der Waals surface area contributed by atoms with Crippen LogP contribution in [0.15, 0.2) is 0 Å². The lowest BCUT2D eigenvalue weighted by molar-refractivity contribution is 2.50. The molecule has 0 atom stereocenters. The van der Waals surface area contributed by atoms with Gasteiger partial charge < -0.3 is 0 Å². The molecule has 0 N–H and O–H groups in total. The standard InChI is InChI=1S/26CH4/h26*1H4. The van der Waals surface area contributed by atoms with Crippen LogP contribution < -0.4 is 0 Å². The zero-order valence-corrected chi connectivity index (χ0v) is 0. The van der Waals surface area contributed by atoms with Gasteiger partial charge in [-0.1, -0.05) is 193 Å². The van der Waals surface area contributed by atoms with Gasteiger partial charge in [-0.25, -0.2) is 0 Å². The number of hydrogen-bond acceptors (Lipinski definition) is 0. The molecule has 0 saturated heterocycles. The van der Waals surface area contributed by atoms with Gasteiger partial charge in [-0.15, -0.1) is 0 Å². The maximum atomic E-state index is 0. The van der Waals surface area contributed by atoms with Crippen molar-refractivity contribution in [1.29, 1.82) is 0 Å². The third-order valence-corrected chi connectivity index (χ3v) is 0. The van der Waals surface area contributed by atoms with Crippen molar-refractivity contribution in [1.82, 2.24) is 0 Å². The molecule has 0 aliphatic heterocycles. The summed E-state index contributed by atoms with van der Waals surface area (Å²) in [7, 11) is 0. The molecule has 0 spiro atoms. The van der Waals surface area contributed by atoms with Gasteiger partial charge in [-0.2, -0.15) is 0 Å². The Balaban J connectivity index is 0.